The van der Waals surface area contributed by atoms with Gasteiger partial charge < -0.3 is 19.9 Å². The van der Waals surface area contributed by atoms with Crippen molar-refractivity contribution in [3.05, 3.63) is 52.3 Å². The minimum Gasteiger partial charge on any atom is -0.375 e. The molecule has 3 rings (SSSR count). The van der Waals surface area contributed by atoms with Crippen LogP contribution in [-0.4, -0.2) is 41.7 Å². The molecule has 1 aliphatic rings. The number of aromatic amines is 1. The van der Waals surface area contributed by atoms with Gasteiger partial charge in [-0.2, -0.15) is 0 Å². The number of hydrogen-bond donors (Lipinski definition) is 2. The highest BCUT2D eigenvalue weighted by Gasteiger charge is 2.21. The Morgan fingerprint density at radius 1 is 1.42 bits per heavy atom. The van der Waals surface area contributed by atoms with E-state index in [0.29, 0.717) is 31.2 Å². The molecular weight excluding hydrogens is 339 g/mol. The van der Waals surface area contributed by atoms with E-state index in [-0.39, 0.29) is 35.6 Å². The Balaban J connectivity index is 1.70. The van der Waals surface area contributed by atoms with Crippen LogP contribution in [0.4, 0.5) is 15.9 Å². The van der Waals surface area contributed by atoms with Crippen molar-refractivity contribution >= 4 is 17.4 Å². The number of nitrogens with zero attached hydrogens (tertiary/aromatic N) is 2. The molecule has 1 aromatic carbocycles. The Labute approximate surface area is 150 Å². The Morgan fingerprint density at radius 3 is 2.92 bits per heavy atom. The minimum atomic E-state index is -0.377. The fraction of sp³-hybridized carbons (Fsp3) is 0.389. The zero-order valence-corrected chi connectivity index (χ0v) is 14.5. The van der Waals surface area contributed by atoms with Gasteiger partial charge in [0.1, 0.15) is 17.5 Å². The van der Waals surface area contributed by atoms with Crippen molar-refractivity contribution in [1.82, 2.24) is 9.97 Å². The summed E-state index contributed by atoms with van der Waals surface area (Å²) in [7, 11) is 0. The Kier molecular flexibility index (Phi) is 5.62. The number of ether oxygens (including phenoxy) is 1. The lowest BCUT2D eigenvalue weighted by molar-refractivity contribution is -0.115. The fourth-order valence-corrected chi connectivity index (χ4v) is 2.80. The van der Waals surface area contributed by atoms with Gasteiger partial charge >= 0.3 is 0 Å². The van der Waals surface area contributed by atoms with E-state index in [0.717, 1.165) is 6.42 Å². The highest BCUT2D eigenvalue weighted by molar-refractivity contribution is 5.91. The van der Waals surface area contributed by atoms with Gasteiger partial charge in [0.25, 0.3) is 5.56 Å². The second-order valence-electron chi connectivity index (χ2n) is 6.13. The van der Waals surface area contributed by atoms with E-state index < -0.39 is 0 Å². The van der Waals surface area contributed by atoms with Crippen LogP contribution >= 0.6 is 0 Å². The van der Waals surface area contributed by atoms with Gasteiger partial charge in [-0.3, -0.25) is 9.59 Å². The number of morpholine rings is 1. The van der Waals surface area contributed by atoms with E-state index in [2.05, 4.69) is 15.3 Å². The van der Waals surface area contributed by atoms with E-state index >= 15 is 0 Å². The number of benzene rings is 1. The van der Waals surface area contributed by atoms with E-state index in [1.165, 1.54) is 30.3 Å². The smallest absolute Gasteiger partial charge is 0.252 e. The van der Waals surface area contributed by atoms with Crippen LogP contribution in [0.5, 0.6) is 0 Å². The van der Waals surface area contributed by atoms with Crippen molar-refractivity contribution in [2.75, 3.05) is 29.9 Å². The summed E-state index contributed by atoms with van der Waals surface area (Å²) in [5, 5.41) is 2.65. The molecule has 0 bridgehead atoms. The molecule has 1 atom stereocenters. The molecule has 1 unspecified atom stereocenters. The molecule has 0 spiro atoms. The van der Waals surface area contributed by atoms with Gasteiger partial charge in [-0.1, -0.05) is 6.92 Å². The first-order valence-corrected chi connectivity index (χ1v) is 8.55. The van der Waals surface area contributed by atoms with Gasteiger partial charge in [0.2, 0.25) is 5.91 Å². The molecule has 2 aromatic rings. The second kappa shape index (κ2) is 8.09. The fourth-order valence-electron chi connectivity index (χ4n) is 2.80. The van der Waals surface area contributed by atoms with Crippen LogP contribution in [0.2, 0.25) is 0 Å². The zero-order valence-electron chi connectivity index (χ0n) is 14.5. The third kappa shape index (κ3) is 4.66. The molecule has 8 heteroatoms. The molecule has 1 saturated heterocycles. The molecular formula is C18H21FN4O3. The third-order valence-electron chi connectivity index (χ3n) is 4.15. The van der Waals surface area contributed by atoms with Crippen molar-refractivity contribution in [3.8, 4) is 0 Å². The first-order valence-electron chi connectivity index (χ1n) is 8.55. The standard InChI is InChI=1S/C18H21FN4O3/c1-2-14-11-23(7-8-26-14)16-10-18(25)22-15(21-16)9-17(24)20-13-5-3-12(19)4-6-13/h3-6,10,14H,2,7-9,11H2,1H3,(H,20,24)(H,21,22,25). The molecule has 1 aliphatic heterocycles. The van der Waals surface area contributed by atoms with Crippen LogP contribution in [0.15, 0.2) is 35.1 Å². The molecule has 0 aliphatic carbocycles. The quantitative estimate of drug-likeness (QED) is 0.848. The number of rotatable bonds is 5. The average molecular weight is 360 g/mol. The van der Waals surface area contributed by atoms with Gasteiger partial charge in [0, 0.05) is 24.8 Å². The lowest BCUT2D eigenvalue weighted by atomic mass is 10.2. The molecule has 2 N–H and O–H groups in total. The summed E-state index contributed by atoms with van der Waals surface area (Å²) in [4.78, 5) is 33.1. The Hall–Kier alpha value is -2.74. The summed E-state index contributed by atoms with van der Waals surface area (Å²) in [6.45, 7) is 3.93. The number of nitrogens with one attached hydrogen (secondary N) is 2. The van der Waals surface area contributed by atoms with Gasteiger partial charge in [0.05, 0.1) is 19.1 Å². The number of anilines is 2. The summed E-state index contributed by atoms with van der Waals surface area (Å²) in [6.07, 6.45) is 0.907. The minimum absolute atomic E-state index is 0.0813. The number of carbonyl (C=O) groups is 1. The predicted molar refractivity (Wildman–Crippen MR) is 95.8 cm³/mol. The lowest BCUT2D eigenvalue weighted by Gasteiger charge is -2.33. The number of H-pyrrole nitrogens is 1. The van der Waals surface area contributed by atoms with Crippen molar-refractivity contribution in [1.29, 1.82) is 0 Å². The Morgan fingerprint density at radius 2 is 2.19 bits per heavy atom. The second-order valence-corrected chi connectivity index (χ2v) is 6.13. The zero-order chi connectivity index (χ0) is 18.5. The van der Waals surface area contributed by atoms with Crippen molar-refractivity contribution in [2.24, 2.45) is 0 Å². The average Bonchev–Trinajstić information content (AvgIpc) is 2.63. The highest BCUT2D eigenvalue weighted by atomic mass is 19.1. The summed E-state index contributed by atoms with van der Waals surface area (Å²) < 4.78 is 18.5. The number of aromatic nitrogens is 2. The normalized spacial score (nSPS) is 17.2. The van der Waals surface area contributed by atoms with Crippen molar-refractivity contribution < 1.29 is 13.9 Å². The van der Waals surface area contributed by atoms with Crippen LogP contribution < -0.4 is 15.8 Å². The molecule has 138 valence electrons. The van der Waals surface area contributed by atoms with Gasteiger partial charge in [-0.15, -0.1) is 0 Å². The van der Waals surface area contributed by atoms with Gasteiger partial charge in [-0.25, -0.2) is 9.37 Å². The van der Waals surface area contributed by atoms with Crippen LogP contribution in [0.3, 0.4) is 0 Å². The van der Waals surface area contributed by atoms with Crippen LogP contribution in [0.1, 0.15) is 19.2 Å². The monoisotopic (exact) mass is 360 g/mol. The molecule has 0 radical (unpaired) electrons. The van der Waals surface area contributed by atoms with E-state index in [4.69, 9.17) is 4.74 Å². The highest BCUT2D eigenvalue weighted by Crippen LogP contribution is 2.15. The first-order chi connectivity index (χ1) is 12.5. The maximum Gasteiger partial charge on any atom is 0.252 e. The van der Waals surface area contributed by atoms with Crippen molar-refractivity contribution in [3.63, 3.8) is 0 Å². The van der Waals surface area contributed by atoms with Crippen LogP contribution in [0, 0.1) is 5.82 Å². The van der Waals surface area contributed by atoms with Gasteiger partial charge in [0.15, 0.2) is 0 Å². The summed E-state index contributed by atoms with van der Waals surface area (Å²) in [6, 6.07) is 6.90. The Bertz CT molecular complexity index is 822. The number of carbonyl (C=O) groups excluding carboxylic acids is 1. The molecule has 1 fully saturated rings. The predicted octanol–water partition coefficient (Wildman–Crippen LogP) is 1.71. The number of amides is 1. The SMILES string of the molecule is CCC1CN(c2cc(=O)[nH]c(CC(=O)Nc3ccc(F)cc3)n2)CCO1. The molecule has 26 heavy (non-hydrogen) atoms. The van der Waals surface area contributed by atoms with E-state index in [9.17, 15) is 14.0 Å². The number of halogens is 1. The maximum atomic E-state index is 12.9. The third-order valence-corrected chi connectivity index (χ3v) is 4.15. The molecule has 2 heterocycles. The lowest BCUT2D eigenvalue weighted by Crippen LogP contribution is -2.43. The summed E-state index contributed by atoms with van der Waals surface area (Å²) in [5.41, 5.74) is 0.174. The topological polar surface area (TPSA) is 87.3 Å². The summed E-state index contributed by atoms with van der Waals surface area (Å²) >= 11 is 0. The van der Waals surface area contributed by atoms with Crippen LogP contribution in [0.25, 0.3) is 0 Å². The summed E-state index contributed by atoms with van der Waals surface area (Å²) in [5.74, 6) is 0.106. The molecule has 1 amide bonds. The van der Waals surface area contributed by atoms with Crippen LogP contribution in [-0.2, 0) is 16.0 Å². The first kappa shape index (κ1) is 18.1. The van der Waals surface area contributed by atoms with Crippen molar-refractivity contribution in [2.45, 2.75) is 25.9 Å². The van der Waals surface area contributed by atoms with Gasteiger partial charge in [-0.05, 0) is 30.7 Å². The number of hydrogen-bond acceptors (Lipinski definition) is 5. The van der Waals surface area contributed by atoms with E-state index in [1.54, 1.807) is 0 Å². The largest absolute Gasteiger partial charge is 0.375 e. The molecule has 0 saturated carbocycles. The molecule has 7 nitrogen and oxygen atoms in total. The van der Waals surface area contributed by atoms with E-state index in [1.807, 2.05) is 11.8 Å². The maximum absolute atomic E-state index is 12.9. The molecule has 1 aromatic heterocycles.